The van der Waals surface area contributed by atoms with Crippen molar-refractivity contribution in [1.29, 1.82) is 0 Å². The molecule has 0 spiro atoms. The lowest BCUT2D eigenvalue weighted by Crippen LogP contribution is -2.37. The van der Waals surface area contributed by atoms with E-state index in [9.17, 15) is 0 Å². The van der Waals surface area contributed by atoms with Gasteiger partial charge in [-0.1, -0.05) is 26.7 Å². The van der Waals surface area contributed by atoms with E-state index in [0.29, 0.717) is 6.10 Å². The van der Waals surface area contributed by atoms with Gasteiger partial charge < -0.3 is 4.74 Å². The van der Waals surface area contributed by atoms with Gasteiger partial charge >= 0.3 is 0 Å². The zero-order valence-electron chi connectivity index (χ0n) is 6.39. The topological polar surface area (TPSA) is 9.23 Å². The van der Waals surface area contributed by atoms with Crippen molar-refractivity contribution in [2.24, 2.45) is 5.92 Å². The second-order valence-electron chi connectivity index (χ2n) is 2.99. The van der Waals surface area contributed by atoms with Gasteiger partial charge in [0, 0.05) is 5.92 Å². The van der Waals surface area contributed by atoms with Crippen molar-refractivity contribution in [1.82, 2.24) is 0 Å². The molecule has 1 saturated heterocycles. The minimum Gasteiger partial charge on any atom is -0.377 e. The fourth-order valence-corrected chi connectivity index (χ4v) is 1.20. The Hall–Kier alpha value is -0.0400. The van der Waals surface area contributed by atoms with E-state index in [-0.39, 0.29) is 0 Å². The van der Waals surface area contributed by atoms with Crippen molar-refractivity contribution < 1.29 is 4.74 Å². The highest BCUT2D eigenvalue weighted by molar-refractivity contribution is 4.73. The van der Waals surface area contributed by atoms with Gasteiger partial charge in [-0.05, 0) is 6.42 Å². The molecule has 0 aromatic rings. The molecule has 1 aliphatic rings. The van der Waals surface area contributed by atoms with Crippen LogP contribution in [0.15, 0.2) is 0 Å². The molecule has 54 valence electrons. The van der Waals surface area contributed by atoms with Crippen molar-refractivity contribution in [2.75, 3.05) is 6.61 Å². The Kier molecular flexibility index (Phi) is 2.52. The highest BCUT2D eigenvalue weighted by Crippen LogP contribution is 2.23. The van der Waals surface area contributed by atoms with Crippen molar-refractivity contribution in [2.45, 2.75) is 39.2 Å². The number of unbranched alkanes of at least 4 members (excludes halogenated alkanes) is 1. The minimum atomic E-state index is 0.602. The molecule has 0 unspecified atom stereocenters. The molecule has 2 atom stereocenters. The Balaban J connectivity index is 1.99. The Morgan fingerprint density at radius 3 is 2.67 bits per heavy atom. The molecule has 0 saturated carbocycles. The summed E-state index contributed by atoms with van der Waals surface area (Å²) in [6.07, 6.45) is 4.50. The molecule has 1 nitrogen and oxygen atoms in total. The van der Waals surface area contributed by atoms with Gasteiger partial charge in [-0.2, -0.15) is 0 Å². The molecular formula is C8H16O. The van der Waals surface area contributed by atoms with Crippen LogP contribution in [0.4, 0.5) is 0 Å². The summed E-state index contributed by atoms with van der Waals surface area (Å²) in [5, 5.41) is 0. The monoisotopic (exact) mass is 128 g/mol. The molecule has 0 aliphatic carbocycles. The van der Waals surface area contributed by atoms with Gasteiger partial charge in [0.1, 0.15) is 0 Å². The van der Waals surface area contributed by atoms with Crippen molar-refractivity contribution >= 4 is 0 Å². The predicted octanol–water partition coefficient (Wildman–Crippen LogP) is 2.21. The van der Waals surface area contributed by atoms with Gasteiger partial charge in [0.25, 0.3) is 0 Å². The molecule has 1 aliphatic heterocycles. The quantitative estimate of drug-likeness (QED) is 0.566. The van der Waals surface area contributed by atoms with E-state index < -0.39 is 0 Å². The van der Waals surface area contributed by atoms with Crippen LogP contribution < -0.4 is 0 Å². The number of ether oxygens (including phenoxy) is 1. The van der Waals surface area contributed by atoms with Crippen LogP contribution in [0.2, 0.25) is 0 Å². The lowest BCUT2D eigenvalue weighted by Gasteiger charge is -2.34. The van der Waals surface area contributed by atoms with Gasteiger partial charge in [-0.25, -0.2) is 0 Å². The van der Waals surface area contributed by atoms with Crippen molar-refractivity contribution in [3.8, 4) is 0 Å². The lowest BCUT2D eigenvalue weighted by molar-refractivity contribution is -0.110. The second-order valence-corrected chi connectivity index (χ2v) is 2.99. The second kappa shape index (κ2) is 3.21. The maximum Gasteiger partial charge on any atom is 0.0622 e. The summed E-state index contributed by atoms with van der Waals surface area (Å²) in [5.74, 6) is 0.830. The van der Waals surface area contributed by atoms with Gasteiger partial charge in [0.05, 0.1) is 12.7 Å². The molecule has 0 N–H and O–H groups in total. The average molecular weight is 128 g/mol. The molecule has 0 radical (unpaired) electrons. The fourth-order valence-electron chi connectivity index (χ4n) is 1.20. The van der Waals surface area contributed by atoms with Crippen LogP contribution in [0, 0.1) is 5.92 Å². The van der Waals surface area contributed by atoms with Crippen LogP contribution in [0.5, 0.6) is 0 Å². The maximum absolute atomic E-state index is 5.35. The smallest absolute Gasteiger partial charge is 0.0622 e. The van der Waals surface area contributed by atoms with Crippen molar-refractivity contribution in [3.05, 3.63) is 0 Å². The van der Waals surface area contributed by atoms with E-state index in [4.69, 9.17) is 4.74 Å². The summed E-state index contributed by atoms with van der Waals surface area (Å²) < 4.78 is 5.35. The minimum absolute atomic E-state index is 0.602. The Morgan fingerprint density at radius 1 is 1.56 bits per heavy atom. The SMILES string of the molecule is CCCC[C@@H]1OC[C@@H]1C. The first kappa shape index (κ1) is 7.07. The third-order valence-electron chi connectivity index (χ3n) is 2.05. The Labute approximate surface area is 57.4 Å². The van der Waals surface area contributed by atoms with Crippen LogP contribution >= 0.6 is 0 Å². The summed E-state index contributed by atoms with van der Waals surface area (Å²) in [5.41, 5.74) is 0. The van der Waals surface area contributed by atoms with Gasteiger partial charge in [-0.3, -0.25) is 0 Å². The predicted molar refractivity (Wildman–Crippen MR) is 38.4 cm³/mol. The largest absolute Gasteiger partial charge is 0.377 e. The standard InChI is InChI=1S/C8H16O/c1-3-4-5-8-7(2)6-9-8/h7-8H,3-6H2,1-2H3/t7-,8-/m0/s1. The van der Waals surface area contributed by atoms with Crippen LogP contribution in [-0.2, 0) is 4.74 Å². The molecule has 1 rings (SSSR count). The maximum atomic E-state index is 5.35. The van der Waals surface area contributed by atoms with E-state index in [1.54, 1.807) is 0 Å². The van der Waals surface area contributed by atoms with Gasteiger partial charge in [-0.15, -0.1) is 0 Å². The zero-order valence-corrected chi connectivity index (χ0v) is 6.39. The number of rotatable bonds is 3. The van der Waals surface area contributed by atoms with Crippen LogP contribution in [0.1, 0.15) is 33.1 Å². The molecule has 0 aromatic carbocycles. The summed E-state index contributed by atoms with van der Waals surface area (Å²) >= 11 is 0. The van der Waals surface area contributed by atoms with E-state index in [2.05, 4.69) is 13.8 Å². The Bertz CT molecular complexity index is 80.6. The number of hydrogen-bond donors (Lipinski definition) is 0. The highest BCUT2D eigenvalue weighted by atomic mass is 16.5. The normalized spacial score (nSPS) is 34.0. The van der Waals surface area contributed by atoms with E-state index in [1.165, 1.54) is 19.3 Å². The van der Waals surface area contributed by atoms with Gasteiger partial charge in [0.15, 0.2) is 0 Å². The van der Waals surface area contributed by atoms with Gasteiger partial charge in [0.2, 0.25) is 0 Å². The van der Waals surface area contributed by atoms with E-state index in [1.807, 2.05) is 0 Å². The van der Waals surface area contributed by atoms with Crippen molar-refractivity contribution in [3.63, 3.8) is 0 Å². The zero-order chi connectivity index (χ0) is 6.69. The molecule has 1 heterocycles. The molecule has 1 fully saturated rings. The molecule has 1 heteroatoms. The third-order valence-corrected chi connectivity index (χ3v) is 2.05. The molecule has 0 aromatic heterocycles. The van der Waals surface area contributed by atoms with E-state index >= 15 is 0 Å². The van der Waals surface area contributed by atoms with Crippen LogP contribution in [0.3, 0.4) is 0 Å². The molecule has 9 heavy (non-hydrogen) atoms. The molecular weight excluding hydrogens is 112 g/mol. The summed E-state index contributed by atoms with van der Waals surface area (Å²) in [6, 6.07) is 0. The first-order valence-corrected chi connectivity index (χ1v) is 3.96. The Morgan fingerprint density at radius 2 is 2.33 bits per heavy atom. The van der Waals surface area contributed by atoms with E-state index in [0.717, 1.165) is 12.5 Å². The molecule has 0 amide bonds. The lowest BCUT2D eigenvalue weighted by atomic mass is 9.96. The average Bonchev–Trinajstić information content (AvgIpc) is 1.86. The fraction of sp³-hybridized carbons (Fsp3) is 1.00. The summed E-state index contributed by atoms with van der Waals surface area (Å²) in [6.45, 7) is 5.49. The number of hydrogen-bond acceptors (Lipinski definition) is 1. The third kappa shape index (κ3) is 1.68. The summed E-state index contributed by atoms with van der Waals surface area (Å²) in [7, 11) is 0. The summed E-state index contributed by atoms with van der Waals surface area (Å²) in [4.78, 5) is 0. The highest BCUT2D eigenvalue weighted by Gasteiger charge is 2.26. The van der Waals surface area contributed by atoms with Crippen LogP contribution in [0.25, 0.3) is 0 Å². The van der Waals surface area contributed by atoms with Crippen LogP contribution in [-0.4, -0.2) is 12.7 Å². The molecule has 0 bridgehead atoms. The first-order chi connectivity index (χ1) is 4.34. The first-order valence-electron chi connectivity index (χ1n) is 3.96.